The molecular formula is C14H7N3O3. The lowest BCUT2D eigenvalue weighted by Gasteiger charge is -2.06. The van der Waals surface area contributed by atoms with E-state index in [0.717, 1.165) is 0 Å². The molecule has 20 heavy (non-hydrogen) atoms. The van der Waals surface area contributed by atoms with Gasteiger partial charge in [-0.15, -0.1) is 0 Å². The highest BCUT2D eigenvalue weighted by Gasteiger charge is 2.92. The summed E-state index contributed by atoms with van der Waals surface area (Å²) < 4.78 is 0. The average molecular weight is 265 g/mol. The van der Waals surface area contributed by atoms with Crippen molar-refractivity contribution in [2.45, 2.75) is 0 Å². The number of nitrogens with zero attached hydrogens (tertiary/aromatic N) is 2. The summed E-state index contributed by atoms with van der Waals surface area (Å²) in [5.74, 6) is -3.48. The number of carbonyl (C=O) groups excluding carboxylic acids is 3. The van der Waals surface area contributed by atoms with Crippen LogP contribution in [0.4, 0.5) is 0 Å². The molecule has 0 bridgehead atoms. The van der Waals surface area contributed by atoms with Crippen molar-refractivity contribution in [1.29, 1.82) is 10.5 Å². The van der Waals surface area contributed by atoms with Crippen LogP contribution in [-0.2, 0) is 9.59 Å². The lowest BCUT2D eigenvalue weighted by molar-refractivity contribution is -0.129. The third-order valence-corrected chi connectivity index (χ3v) is 4.02. The zero-order chi connectivity index (χ0) is 14.5. The number of nitriles is 2. The molecule has 6 nitrogen and oxygen atoms in total. The number of carbonyl (C=O) groups is 3. The highest BCUT2D eigenvalue weighted by atomic mass is 16.2. The fourth-order valence-electron chi connectivity index (χ4n) is 2.96. The second-order valence-electron chi connectivity index (χ2n) is 4.79. The van der Waals surface area contributed by atoms with Crippen LogP contribution < -0.4 is 5.32 Å². The Kier molecular flexibility index (Phi) is 2.12. The van der Waals surface area contributed by atoms with Crippen molar-refractivity contribution in [3.8, 4) is 12.1 Å². The molecule has 0 radical (unpaired) electrons. The SMILES string of the molecule is N#C[C@@]12C(=O)NC(=O)[C@]1(C#N)C2C(=O)c1ccccc1. The van der Waals surface area contributed by atoms with Gasteiger partial charge in [0.2, 0.25) is 11.8 Å². The Bertz CT molecular complexity index is 705. The number of hydrogen-bond acceptors (Lipinski definition) is 5. The molecule has 96 valence electrons. The molecule has 3 rings (SSSR count). The molecule has 2 fully saturated rings. The highest BCUT2D eigenvalue weighted by Crippen LogP contribution is 2.72. The summed E-state index contributed by atoms with van der Waals surface area (Å²) in [5.41, 5.74) is -3.49. The van der Waals surface area contributed by atoms with Crippen LogP contribution in [0, 0.1) is 39.4 Å². The van der Waals surface area contributed by atoms with E-state index in [9.17, 15) is 24.9 Å². The van der Waals surface area contributed by atoms with Gasteiger partial charge in [0.25, 0.3) is 0 Å². The molecule has 2 amide bonds. The van der Waals surface area contributed by atoms with Crippen molar-refractivity contribution in [3.05, 3.63) is 35.9 Å². The monoisotopic (exact) mass is 265 g/mol. The van der Waals surface area contributed by atoms with E-state index < -0.39 is 34.3 Å². The molecule has 1 aromatic rings. The van der Waals surface area contributed by atoms with Crippen molar-refractivity contribution in [3.63, 3.8) is 0 Å². The molecular weight excluding hydrogens is 258 g/mol. The van der Waals surface area contributed by atoms with Gasteiger partial charge >= 0.3 is 0 Å². The molecule has 1 aromatic carbocycles. The molecule has 6 heteroatoms. The first-order chi connectivity index (χ1) is 9.56. The Hall–Kier alpha value is -2.99. The van der Waals surface area contributed by atoms with Crippen molar-refractivity contribution < 1.29 is 14.4 Å². The van der Waals surface area contributed by atoms with Crippen LogP contribution in [0.25, 0.3) is 0 Å². The standard InChI is InChI=1S/C14H7N3O3/c15-6-13-10(9(18)8-4-2-1-3-5-8)14(13,7-16)12(20)17-11(13)19/h1-5,10H,(H,17,19,20)/t10?,13-,14+. The fraction of sp³-hybridized carbons (Fsp3) is 0.214. The number of imide groups is 1. The number of amides is 2. The summed E-state index contributed by atoms with van der Waals surface area (Å²) in [6.07, 6.45) is 0. The minimum absolute atomic E-state index is 0.275. The quantitative estimate of drug-likeness (QED) is 0.605. The Morgan fingerprint density at radius 2 is 1.55 bits per heavy atom. The predicted molar refractivity (Wildman–Crippen MR) is 63.5 cm³/mol. The Morgan fingerprint density at radius 1 is 1.05 bits per heavy atom. The van der Waals surface area contributed by atoms with Crippen LogP contribution in [-0.4, -0.2) is 17.6 Å². The molecule has 0 spiro atoms. The lowest BCUT2D eigenvalue weighted by atomic mass is 9.98. The van der Waals surface area contributed by atoms with E-state index in [4.69, 9.17) is 0 Å². The van der Waals surface area contributed by atoms with E-state index >= 15 is 0 Å². The summed E-state index contributed by atoms with van der Waals surface area (Å²) >= 11 is 0. The van der Waals surface area contributed by atoms with Gasteiger partial charge in [0.15, 0.2) is 16.6 Å². The van der Waals surface area contributed by atoms with Crippen LogP contribution in [0.15, 0.2) is 30.3 Å². The minimum atomic E-state index is -1.88. The third-order valence-electron chi connectivity index (χ3n) is 4.02. The molecule has 3 atom stereocenters. The normalized spacial score (nSPS) is 33.6. The number of hydrogen-bond donors (Lipinski definition) is 1. The van der Waals surface area contributed by atoms with Gasteiger partial charge in [-0.3, -0.25) is 19.7 Å². The number of ketones is 1. The van der Waals surface area contributed by atoms with Crippen LogP contribution in [0.3, 0.4) is 0 Å². The molecule has 1 aliphatic heterocycles. The van der Waals surface area contributed by atoms with Crippen molar-refractivity contribution in [2.24, 2.45) is 16.7 Å². The van der Waals surface area contributed by atoms with Crippen LogP contribution in [0.1, 0.15) is 10.4 Å². The number of nitrogens with one attached hydrogen (secondary N) is 1. The fourth-order valence-corrected chi connectivity index (χ4v) is 2.96. The molecule has 1 heterocycles. The molecule has 1 saturated heterocycles. The van der Waals surface area contributed by atoms with Crippen molar-refractivity contribution in [2.75, 3.05) is 0 Å². The molecule has 1 unspecified atom stereocenters. The van der Waals surface area contributed by atoms with E-state index in [0.29, 0.717) is 0 Å². The van der Waals surface area contributed by atoms with Crippen molar-refractivity contribution >= 4 is 17.6 Å². The molecule has 1 saturated carbocycles. The largest absolute Gasteiger partial charge is 0.294 e. The topological polar surface area (TPSA) is 111 Å². The molecule has 0 aromatic heterocycles. The number of piperidine rings is 1. The predicted octanol–water partition coefficient (Wildman–Crippen LogP) is 0.175. The smallest absolute Gasteiger partial charge is 0.250 e. The zero-order valence-electron chi connectivity index (χ0n) is 10.1. The van der Waals surface area contributed by atoms with Gasteiger partial charge in [-0.25, -0.2) is 0 Å². The number of benzene rings is 1. The zero-order valence-corrected chi connectivity index (χ0v) is 10.1. The Morgan fingerprint density at radius 3 is 2.00 bits per heavy atom. The number of fused-ring (bicyclic) bond motifs is 1. The Labute approximate surface area is 113 Å². The Balaban J connectivity index is 2.12. The van der Waals surface area contributed by atoms with Gasteiger partial charge in [0, 0.05) is 5.56 Å². The van der Waals surface area contributed by atoms with E-state index in [1.807, 2.05) is 5.32 Å². The maximum atomic E-state index is 12.4. The summed E-state index contributed by atoms with van der Waals surface area (Å²) in [6, 6.07) is 11.4. The maximum absolute atomic E-state index is 12.4. The van der Waals surface area contributed by atoms with Crippen LogP contribution in [0.2, 0.25) is 0 Å². The lowest BCUT2D eigenvalue weighted by Crippen LogP contribution is -2.34. The first-order valence-corrected chi connectivity index (χ1v) is 5.84. The number of rotatable bonds is 2. The van der Waals surface area contributed by atoms with E-state index in [2.05, 4.69) is 0 Å². The van der Waals surface area contributed by atoms with Gasteiger partial charge in [-0.1, -0.05) is 30.3 Å². The van der Waals surface area contributed by atoms with E-state index in [1.54, 1.807) is 30.3 Å². The van der Waals surface area contributed by atoms with Crippen LogP contribution >= 0.6 is 0 Å². The first kappa shape index (κ1) is 12.1. The van der Waals surface area contributed by atoms with Gasteiger partial charge in [0.1, 0.15) is 0 Å². The summed E-state index contributed by atoms with van der Waals surface area (Å²) in [7, 11) is 0. The average Bonchev–Trinajstić information content (AvgIpc) is 3.05. The summed E-state index contributed by atoms with van der Waals surface area (Å²) in [4.78, 5) is 36.1. The van der Waals surface area contributed by atoms with Crippen LogP contribution in [0.5, 0.6) is 0 Å². The molecule has 2 aliphatic rings. The first-order valence-electron chi connectivity index (χ1n) is 5.84. The van der Waals surface area contributed by atoms with E-state index in [1.165, 1.54) is 12.1 Å². The second kappa shape index (κ2) is 3.52. The van der Waals surface area contributed by atoms with Gasteiger partial charge in [0.05, 0.1) is 18.1 Å². The van der Waals surface area contributed by atoms with Gasteiger partial charge in [-0.05, 0) is 0 Å². The maximum Gasteiger partial charge on any atom is 0.250 e. The second-order valence-corrected chi connectivity index (χ2v) is 4.79. The minimum Gasteiger partial charge on any atom is -0.294 e. The summed E-state index contributed by atoms with van der Waals surface area (Å²) in [5, 5.41) is 20.5. The third kappa shape index (κ3) is 1.01. The number of Topliss-reactive ketones (excluding diaryl/α,β-unsaturated/α-hetero) is 1. The van der Waals surface area contributed by atoms with Gasteiger partial charge < -0.3 is 0 Å². The molecule has 1 aliphatic carbocycles. The summed E-state index contributed by atoms with van der Waals surface area (Å²) in [6.45, 7) is 0. The van der Waals surface area contributed by atoms with Crippen molar-refractivity contribution in [1.82, 2.24) is 5.32 Å². The van der Waals surface area contributed by atoms with Gasteiger partial charge in [-0.2, -0.15) is 10.5 Å². The highest BCUT2D eigenvalue weighted by molar-refractivity contribution is 6.24. The molecule has 1 N–H and O–H groups in total. The van der Waals surface area contributed by atoms with E-state index in [-0.39, 0.29) is 5.56 Å².